The van der Waals surface area contributed by atoms with Crippen molar-refractivity contribution in [2.24, 2.45) is 5.92 Å². The fraction of sp³-hybridized carbons (Fsp3) is 0.263. The lowest BCUT2D eigenvalue weighted by Crippen LogP contribution is -2.29. The number of nitrogens with one attached hydrogen (secondary N) is 1. The predicted octanol–water partition coefficient (Wildman–Crippen LogP) is 6.20. The summed E-state index contributed by atoms with van der Waals surface area (Å²) >= 11 is 6.23. The van der Waals surface area contributed by atoms with E-state index in [1.807, 2.05) is 12.2 Å². The summed E-state index contributed by atoms with van der Waals surface area (Å²) in [4.78, 5) is 0. The van der Waals surface area contributed by atoms with Gasteiger partial charge in [0.15, 0.2) is 0 Å². The van der Waals surface area contributed by atoms with Crippen molar-refractivity contribution < 1.29 is 22.3 Å². The zero-order valence-corrected chi connectivity index (χ0v) is 14.1. The van der Waals surface area contributed by atoms with Crippen molar-refractivity contribution in [2.75, 3.05) is 5.32 Å². The maximum absolute atomic E-state index is 13.4. The second kappa shape index (κ2) is 6.20. The van der Waals surface area contributed by atoms with E-state index in [0.717, 1.165) is 23.2 Å². The van der Waals surface area contributed by atoms with Crippen LogP contribution < -0.4 is 10.1 Å². The minimum absolute atomic E-state index is 0.0610. The number of halogens is 5. The van der Waals surface area contributed by atoms with E-state index in [9.17, 15) is 17.6 Å². The molecule has 4 rings (SSSR count). The van der Waals surface area contributed by atoms with Crippen molar-refractivity contribution in [3.8, 4) is 5.75 Å². The van der Waals surface area contributed by atoms with Crippen LogP contribution in [0.25, 0.3) is 0 Å². The summed E-state index contributed by atoms with van der Waals surface area (Å²) in [5, 5.41) is 3.68. The van der Waals surface area contributed by atoms with Crippen LogP contribution in [-0.2, 0) is 0 Å². The van der Waals surface area contributed by atoms with Crippen LogP contribution >= 0.6 is 11.6 Å². The van der Waals surface area contributed by atoms with Gasteiger partial charge < -0.3 is 10.1 Å². The fourth-order valence-electron chi connectivity index (χ4n) is 3.83. The quantitative estimate of drug-likeness (QED) is 0.492. The lowest BCUT2D eigenvalue weighted by Gasteiger charge is -2.38. The summed E-state index contributed by atoms with van der Waals surface area (Å²) in [6, 6.07) is 8.39. The maximum Gasteiger partial charge on any atom is 0.573 e. The topological polar surface area (TPSA) is 21.3 Å². The van der Waals surface area contributed by atoms with E-state index in [1.165, 1.54) is 24.3 Å². The molecule has 0 spiro atoms. The van der Waals surface area contributed by atoms with Crippen LogP contribution in [0.5, 0.6) is 5.75 Å². The Balaban J connectivity index is 1.72. The first-order chi connectivity index (χ1) is 12.3. The van der Waals surface area contributed by atoms with Crippen molar-refractivity contribution >= 4 is 17.3 Å². The van der Waals surface area contributed by atoms with Crippen LogP contribution in [0.3, 0.4) is 0 Å². The highest BCUT2D eigenvalue weighted by Gasteiger charge is 2.39. The lowest BCUT2D eigenvalue weighted by molar-refractivity contribution is -0.274. The molecule has 26 heavy (non-hydrogen) atoms. The van der Waals surface area contributed by atoms with Crippen molar-refractivity contribution in [3.05, 3.63) is 70.5 Å². The Labute approximate surface area is 152 Å². The molecule has 0 fully saturated rings. The molecule has 0 saturated heterocycles. The summed E-state index contributed by atoms with van der Waals surface area (Å²) in [5.74, 6) is -0.638. The van der Waals surface area contributed by atoms with E-state index < -0.39 is 12.2 Å². The highest BCUT2D eigenvalue weighted by atomic mass is 35.5. The summed E-state index contributed by atoms with van der Waals surface area (Å²) in [5.41, 5.74) is 2.24. The number of hydrogen-bond donors (Lipinski definition) is 1. The van der Waals surface area contributed by atoms with E-state index in [2.05, 4.69) is 10.1 Å². The third-order valence-corrected chi connectivity index (χ3v) is 5.19. The minimum Gasteiger partial charge on any atom is -0.406 e. The summed E-state index contributed by atoms with van der Waals surface area (Å²) in [6.07, 6.45) is 0.0191. The van der Waals surface area contributed by atoms with E-state index in [1.54, 1.807) is 12.1 Å². The first kappa shape index (κ1) is 17.2. The molecule has 1 heterocycles. The number of rotatable bonds is 2. The van der Waals surface area contributed by atoms with Gasteiger partial charge in [0, 0.05) is 16.6 Å². The Morgan fingerprint density at radius 1 is 1.08 bits per heavy atom. The number of fused-ring (bicyclic) bond motifs is 3. The molecule has 2 aromatic carbocycles. The Kier molecular flexibility index (Phi) is 4.10. The largest absolute Gasteiger partial charge is 0.573 e. The first-order valence-corrected chi connectivity index (χ1v) is 8.47. The average molecular weight is 384 g/mol. The third-order valence-electron chi connectivity index (χ3n) is 4.87. The maximum atomic E-state index is 13.4. The monoisotopic (exact) mass is 383 g/mol. The molecular formula is C19H14ClF4NO. The molecule has 0 bridgehead atoms. The molecule has 3 unspecified atom stereocenters. The normalized spacial score (nSPS) is 24.0. The van der Waals surface area contributed by atoms with Crippen molar-refractivity contribution in [3.63, 3.8) is 0 Å². The van der Waals surface area contributed by atoms with Crippen LogP contribution in [0.4, 0.5) is 23.2 Å². The van der Waals surface area contributed by atoms with Gasteiger partial charge in [0.05, 0.1) is 6.04 Å². The van der Waals surface area contributed by atoms with Crippen molar-refractivity contribution in [2.45, 2.75) is 24.7 Å². The zero-order chi connectivity index (χ0) is 18.5. The standard InChI is InChI=1S/C19H14ClF4NO/c20-16-8-10(21)4-6-14(16)18-13-3-1-2-12(13)15-9-11(26-19(22,23)24)5-7-17(15)25-18/h1-2,4-9,12-13,18,25H,3H2. The van der Waals surface area contributed by atoms with Gasteiger partial charge >= 0.3 is 6.36 Å². The van der Waals surface area contributed by atoms with Crippen molar-refractivity contribution in [1.82, 2.24) is 0 Å². The highest BCUT2D eigenvalue weighted by Crippen LogP contribution is 2.51. The molecule has 0 radical (unpaired) electrons. The van der Waals surface area contributed by atoms with Gasteiger partial charge in [0.1, 0.15) is 11.6 Å². The number of benzene rings is 2. The Bertz CT molecular complexity index is 880. The molecule has 0 amide bonds. The molecular weight excluding hydrogens is 370 g/mol. The fourth-order valence-corrected chi connectivity index (χ4v) is 4.12. The van der Waals surface area contributed by atoms with Gasteiger partial charge in [-0.3, -0.25) is 0 Å². The van der Waals surface area contributed by atoms with Gasteiger partial charge in [-0.1, -0.05) is 29.8 Å². The Morgan fingerprint density at radius 2 is 1.88 bits per heavy atom. The predicted molar refractivity (Wildman–Crippen MR) is 90.9 cm³/mol. The SMILES string of the molecule is Fc1ccc(C2Nc3ccc(OC(F)(F)F)cc3C3C=CCC32)c(Cl)c1. The second-order valence-electron chi connectivity index (χ2n) is 6.44. The van der Waals surface area contributed by atoms with E-state index in [-0.39, 0.29) is 23.6 Å². The summed E-state index contributed by atoms with van der Waals surface area (Å²) in [6.45, 7) is 0. The highest BCUT2D eigenvalue weighted by molar-refractivity contribution is 6.31. The zero-order valence-electron chi connectivity index (χ0n) is 13.4. The molecule has 1 aliphatic carbocycles. The van der Waals surface area contributed by atoms with Gasteiger partial charge in [0.2, 0.25) is 0 Å². The minimum atomic E-state index is -4.73. The van der Waals surface area contributed by atoms with Crippen LogP contribution in [0.2, 0.25) is 5.02 Å². The number of allylic oxidation sites excluding steroid dienone is 2. The Hall–Kier alpha value is -2.21. The first-order valence-electron chi connectivity index (χ1n) is 8.10. The number of alkyl halides is 3. The third kappa shape index (κ3) is 3.14. The molecule has 1 aliphatic heterocycles. The van der Waals surface area contributed by atoms with Gasteiger partial charge in [-0.2, -0.15) is 0 Å². The van der Waals surface area contributed by atoms with E-state index in [4.69, 9.17) is 11.6 Å². The lowest BCUT2D eigenvalue weighted by atomic mass is 9.77. The molecule has 7 heteroatoms. The van der Waals surface area contributed by atoms with Crippen molar-refractivity contribution in [1.29, 1.82) is 0 Å². The van der Waals surface area contributed by atoms with Gasteiger partial charge in [-0.15, -0.1) is 13.2 Å². The molecule has 2 nitrogen and oxygen atoms in total. The molecule has 3 atom stereocenters. The number of anilines is 1. The number of hydrogen-bond acceptors (Lipinski definition) is 2. The van der Waals surface area contributed by atoms with Gasteiger partial charge in [-0.05, 0) is 53.8 Å². The molecule has 1 N–H and O–H groups in total. The molecule has 0 saturated carbocycles. The summed E-state index contributed by atoms with van der Waals surface area (Å²) in [7, 11) is 0. The smallest absolute Gasteiger partial charge is 0.406 e. The molecule has 0 aromatic heterocycles. The average Bonchev–Trinajstić information content (AvgIpc) is 3.03. The van der Waals surface area contributed by atoms with E-state index >= 15 is 0 Å². The molecule has 2 aliphatic rings. The van der Waals surface area contributed by atoms with Crippen LogP contribution in [0.1, 0.15) is 29.5 Å². The van der Waals surface area contributed by atoms with Gasteiger partial charge in [0.25, 0.3) is 0 Å². The molecule has 2 aromatic rings. The second-order valence-corrected chi connectivity index (χ2v) is 6.85. The van der Waals surface area contributed by atoms with Crippen LogP contribution in [0, 0.1) is 11.7 Å². The van der Waals surface area contributed by atoms with Gasteiger partial charge in [-0.25, -0.2) is 4.39 Å². The van der Waals surface area contributed by atoms with Crippen LogP contribution in [0.15, 0.2) is 48.6 Å². The Morgan fingerprint density at radius 3 is 2.62 bits per heavy atom. The number of ether oxygens (including phenoxy) is 1. The summed E-state index contributed by atoms with van der Waals surface area (Å²) < 4.78 is 54.9. The molecule has 136 valence electrons. The van der Waals surface area contributed by atoms with Crippen LogP contribution in [-0.4, -0.2) is 6.36 Å². The van der Waals surface area contributed by atoms with E-state index in [0.29, 0.717) is 5.02 Å².